The van der Waals surface area contributed by atoms with Crippen LogP contribution in [0.4, 0.5) is 0 Å². The molecule has 0 aromatic heterocycles. The number of rotatable bonds is 27. The molecule has 0 heterocycles. The van der Waals surface area contributed by atoms with Gasteiger partial charge in [-0.3, -0.25) is 0 Å². The van der Waals surface area contributed by atoms with Gasteiger partial charge in [0, 0.05) is 13.2 Å². The molecule has 0 atom stereocenters. The molecule has 0 aromatic carbocycles. The van der Waals surface area contributed by atoms with Crippen LogP contribution >= 0.6 is 0 Å². The number of unbranched alkanes of at least 4 members (excludes halogenated alkanes) is 19. The van der Waals surface area contributed by atoms with E-state index in [1.54, 1.807) is 0 Å². The highest BCUT2D eigenvalue weighted by atomic mass is 28.4. The Hall–Kier alpha value is 0.137. The Morgan fingerprint density at radius 3 is 0.844 bits per heavy atom. The molecule has 0 aliphatic carbocycles. The van der Waals surface area contributed by atoms with Gasteiger partial charge in [-0.2, -0.15) is 0 Å². The quantitative estimate of drug-likeness (QED) is 0.0877. The lowest BCUT2D eigenvalue weighted by atomic mass is 10.1. The normalized spacial score (nSPS) is 12.0. The molecule has 0 spiro atoms. The summed E-state index contributed by atoms with van der Waals surface area (Å²) in [4.78, 5) is 0. The standard InChI is InChI=1S/C29H62O2Si/c1-5-9-11-13-15-17-19-21-23-25-27-29-32(30-7-3,31-8-4)28-26-24-22-20-18-16-14-12-10-6-2/h5-29H2,1-4H3. The van der Waals surface area contributed by atoms with Crippen LogP contribution in [0.1, 0.15) is 163 Å². The van der Waals surface area contributed by atoms with Crippen molar-refractivity contribution in [3.8, 4) is 0 Å². The molecule has 0 radical (unpaired) electrons. The fraction of sp³-hybridized carbons (Fsp3) is 1.00. The molecule has 0 saturated heterocycles. The first-order chi connectivity index (χ1) is 15.7. The van der Waals surface area contributed by atoms with E-state index in [0.29, 0.717) is 0 Å². The Morgan fingerprint density at radius 2 is 0.594 bits per heavy atom. The van der Waals surface area contributed by atoms with Gasteiger partial charge in [-0.1, -0.05) is 149 Å². The van der Waals surface area contributed by atoms with Gasteiger partial charge in [0.05, 0.1) is 0 Å². The van der Waals surface area contributed by atoms with Crippen molar-refractivity contribution in [1.82, 2.24) is 0 Å². The van der Waals surface area contributed by atoms with E-state index in [1.807, 2.05) is 0 Å². The van der Waals surface area contributed by atoms with Crippen molar-refractivity contribution >= 4 is 8.56 Å². The predicted molar refractivity (Wildman–Crippen MR) is 147 cm³/mol. The van der Waals surface area contributed by atoms with Crippen molar-refractivity contribution in [2.75, 3.05) is 13.2 Å². The molecule has 0 N–H and O–H groups in total. The van der Waals surface area contributed by atoms with E-state index in [1.165, 1.54) is 147 Å². The van der Waals surface area contributed by atoms with Gasteiger partial charge in [-0.05, 0) is 25.9 Å². The molecule has 0 bridgehead atoms. The van der Waals surface area contributed by atoms with Gasteiger partial charge in [0.25, 0.3) is 0 Å². The topological polar surface area (TPSA) is 18.5 Å². The second kappa shape index (κ2) is 25.8. The van der Waals surface area contributed by atoms with Gasteiger partial charge in [-0.25, -0.2) is 0 Å². The third kappa shape index (κ3) is 20.7. The zero-order chi connectivity index (χ0) is 23.6. The highest BCUT2D eigenvalue weighted by Gasteiger charge is 2.35. The zero-order valence-corrected chi connectivity index (χ0v) is 24.0. The van der Waals surface area contributed by atoms with Crippen molar-refractivity contribution in [2.45, 2.75) is 175 Å². The second-order valence-corrected chi connectivity index (χ2v) is 13.4. The van der Waals surface area contributed by atoms with Crippen LogP contribution in [-0.2, 0) is 8.85 Å². The van der Waals surface area contributed by atoms with Crippen LogP contribution in [0, 0.1) is 0 Å². The highest BCUT2D eigenvalue weighted by molar-refractivity contribution is 6.67. The van der Waals surface area contributed by atoms with Crippen LogP contribution in [0.25, 0.3) is 0 Å². The molecule has 32 heavy (non-hydrogen) atoms. The van der Waals surface area contributed by atoms with E-state index in [0.717, 1.165) is 13.2 Å². The van der Waals surface area contributed by atoms with Crippen molar-refractivity contribution in [1.29, 1.82) is 0 Å². The first-order valence-corrected chi connectivity index (χ1v) is 17.3. The Bertz CT molecular complexity index is 342. The van der Waals surface area contributed by atoms with Gasteiger partial charge in [0.1, 0.15) is 0 Å². The third-order valence-electron chi connectivity index (χ3n) is 6.89. The number of hydrogen-bond acceptors (Lipinski definition) is 2. The SMILES string of the molecule is CCCCCCCCCCCCC[Si](CCCCCCCCCCCC)(OCC)OCC. The maximum absolute atomic E-state index is 6.36. The number of hydrogen-bond donors (Lipinski definition) is 0. The van der Waals surface area contributed by atoms with Gasteiger partial charge in [-0.15, -0.1) is 0 Å². The molecule has 0 aliphatic heterocycles. The lowest BCUT2D eigenvalue weighted by Crippen LogP contribution is -2.42. The molecule has 0 amide bonds. The molecular formula is C29H62O2Si. The van der Waals surface area contributed by atoms with Crippen molar-refractivity contribution < 1.29 is 8.85 Å². The van der Waals surface area contributed by atoms with Crippen molar-refractivity contribution in [3.05, 3.63) is 0 Å². The summed E-state index contributed by atoms with van der Waals surface area (Å²) in [6.45, 7) is 10.5. The maximum Gasteiger partial charge on any atom is 0.338 e. The van der Waals surface area contributed by atoms with Gasteiger partial charge >= 0.3 is 8.56 Å². The lowest BCUT2D eigenvalue weighted by Gasteiger charge is -2.30. The summed E-state index contributed by atoms with van der Waals surface area (Å²) in [6.07, 6.45) is 29.5. The average Bonchev–Trinajstić information content (AvgIpc) is 2.79. The molecule has 0 saturated carbocycles. The molecular weight excluding hydrogens is 408 g/mol. The maximum atomic E-state index is 6.36. The van der Waals surface area contributed by atoms with E-state index in [-0.39, 0.29) is 0 Å². The van der Waals surface area contributed by atoms with Crippen LogP contribution in [0.5, 0.6) is 0 Å². The molecule has 194 valence electrons. The van der Waals surface area contributed by atoms with E-state index in [9.17, 15) is 0 Å². The second-order valence-electron chi connectivity index (χ2n) is 9.99. The van der Waals surface area contributed by atoms with E-state index in [4.69, 9.17) is 8.85 Å². The van der Waals surface area contributed by atoms with Crippen LogP contribution in [-0.4, -0.2) is 21.8 Å². The fourth-order valence-electron chi connectivity index (χ4n) is 4.92. The molecule has 2 nitrogen and oxygen atoms in total. The van der Waals surface area contributed by atoms with Crippen LogP contribution < -0.4 is 0 Å². The Labute approximate surface area is 205 Å². The monoisotopic (exact) mass is 470 g/mol. The minimum absolute atomic E-state index is 0.821. The summed E-state index contributed by atoms with van der Waals surface area (Å²) in [6, 6.07) is 2.42. The summed E-state index contributed by atoms with van der Waals surface area (Å²) < 4.78 is 12.7. The average molecular weight is 471 g/mol. The minimum Gasteiger partial charge on any atom is -0.394 e. The first-order valence-electron chi connectivity index (χ1n) is 15.0. The van der Waals surface area contributed by atoms with Crippen molar-refractivity contribution in [2.24, 2.45) is 0 Å². The first kappa shape index (κ1) is 32.1. The summed E-state index contributed by atoms with van der Waals surface area (Å²) in [5.41, 5.74) is 0. The summed E-state index contributed by atoms with van der Waals surface area (Å²) in [5.74, 6) is 0. The Balaban J connectivity index is 3.89. The predicted octanol–water partition coefficient (Wildman–Crippen LogP) is 10.7. The van der Waals surface area contributed by atoms with Gasteiger partial charge in [0.15, 0.2) is 0 Å². The molecule has 0 aromatic rings. The molecule has 0 aliphatic rings. The van der Waals surface area contributed by atoms with Gasteiger partial charge < -0.3 is 8.85 Å². The smallest absolute Gasteiger partial charge is 0.338 e. The summed E-state index contributed by atoms with van der Waals surface area (Å²) in [5, 5.41) is 0. The fourth-order valence-corrected chi connectivity index (χ4v) is 8.46. The highest BCUT2D eigenvalue weighted by Crippen LogP contribution is 2.26. The Morgan fingerprint density at radius 1 is 0.344 bits per heavy atom. The minimum atomic E-state index is -1.98. The van der Waals surface area contributed by atoms with Crippen LogP contribution in [0.2, 0.25) is 12.1 Å². The van der Waals surface area contributed by atoms with E-state index >= 15 is 0 Å². The molecule has 0 unspecified atom stereocenters. The van der Waals surface area contributed by atoms with E-state index in [2.05, 4.69) is 27.7 Å². The largest absolute Gasteiger partial charge is 0.394 e. The Kier molecular flexibility index (Phi) is 25.9. The van der Waals surface area contributed by atoms with E-state index < -0.39 is 8.56 Å². The molecule has 0 fully saturated rings. The molecule has 3 heteroatoms. The van der Waals surface area contributed by atoms with Crippen LogP contribution in [0.3, 0.4) is 0 Å². The van der Waals surface area contributed by atoms with Crippen molar-refractivity contribution in [3.63, 3.8) is 0 Å². The summed E-state index contributed by atoms with van der Waals surface area (Å²) >= 11 is 0. The zero-order valence-electron chi connectivity index (χ0n) is 23.0. The lowest BCUT2D eigenvalue weighted by molar-refractivity contribution is 0.180. The third-order valence-corrected chi connectivity index (χ3v) is 10.7. The van der Waals surface area contributed by atoms with Gasteiger partial charge in [0.2, 0.25) is 0 Å². The molecule has 0 rings (SSSR count). The van der Waals surface area contributed by atoms with Crippen LogP contribution in [0.15, 0.2) is 0 Å². The summed E-state index contributed by atoms with van der Waals surface area (Å²) in [7, 11) is -1.98.